The molecule has 0 fully saturated rings. The Morgan fingerprint density at radius 1 is 1.24 bits per heavy atom. The molecule has 21 heavy (non-hydrogen) atoms. The number of hydrogen-bond donors (Lipinski definition) is 2. The first-order valence-corrected chi connectivity index (χ1v) is 6.81. The predicted molar refractivity (Wildman–Crippen MR) is 80.3 cm³/mol. The van der Waals surface area contributed by atoms with Crippen molar-refractivity contribution in [3.05, 3.63) is 62.6 Å². The Balaban J connectivity index is 2.02. The van der Waals surface area contributed by atoms with Crippen molar-refractivity contribution in [2.45, 2.75) is 26.3 Å². The zero-order valence-electron chi connectivity index (χ0n) is 12.0. The van der Waals surface area contributed by atoms with E-state index >= 15 is 0 Å². The van der Waals surface area contributed by atoms with Gasteiger partial charge in [0.05, 0.1) is 0 Å². The Labute approximate surface area is 121 Å². The van der Waals surface area contributed by atoms with Crippen LogP contribution in [0.15, 0.2) is 39.9 Å². The summed E-state index contributed by atoms with van der Waals surface area (Å²) >= 11 is 0. The van der Waals surface area contributed by atoms with Crippen molar-refractivity contribution in [2.24, 2.45) is 0 Å². The monoisotopic (exact) mass is 291 g/mol. The highest BCUT2D eigenvalue weighted by atomic mass is 19.1. The summed E-state index contributed by atoms with van der Waals surface area (Å²) in [5, 5.41) is 2.99. The van der Waals surface area contributed by atoms with Crippen LogP contribution in [-0.2, 0) is 6.42 Å². The molecule has 0 aliphatic carbocycles. The summed E-state index contributed by atoms with van der Waals surface area (Å²) in [6.45, 7) is 4.09. The summed E-state index contributed by atoms with van der Waals surface area (Å²) in [7, 11) is 0. The largest absolute Gasteiger partial charge is 0.371 e. The van der Waals surface area contributed by atoms with Crippen molar-refractivity contribution in [3.63, 3.8) is 0 Å². The molecule has 2 rings (SSSR count). The first-order chi connectivity index (χ1) is 9.97. The highest BCUT2D eigenvalue weighted by Crippen LogP contribution is 2.04. The lowest BCUT2D eigenvalue weighted by Gasteiger charge is -2.10. The first-order valence-electron chi connectivity index (χ1n) is 6.81. The van der Waals surface area contributed by atoms with Gasteiger partial charge in [0, 0.05) is 18.7 Å². The molecular weight excluding hydrogens is 273 g/mol. The second kappa shape index (κ2) is 6.39. The summed E-state index contributed by atoms with van der Waals surface area (Å²) in [5.74, 6) is 0.123. The standard InChI is InChI=1S/C15H18FN3O2/c1-10(2)19-14(20)9-13(18-15(19)21)17-8-7-11-3-5-12(16)6-4-11/h3-6,9-10,17H,7-8H2,1-2H3,(H,18,21). The first kappa shape index (κ1) is 15.0. The normalized spacial score (nSPS) is 10.9. The number of rotatable bonds is 5. The molecule has 2 N–H and O–H groups in total. The van der Waals surface area contributed by atoms with Crippen LogP contribution in [0.5, 0.6) is 0 Å². The number of aromatic nitrogens is 2. The molecule has 5 nitrogen and oxygen atoms in total. The SMILES string of the molecule is CC(C)n1c(=O)cc(NCCc2ccc(F)cc2)[nH]c1=O. The van der Waals surface area contributed by atoms with Gasteiger partial charge in [0.1, 0.15) is 11.6 Å². The second-order valence-corrected chi connectivity index (χ2v) is 5.09. The number of nitrogens with zero attached hydrogens (tertiary/aromatic N) is 1. The fourth-order valence-electron chi connectivity index (χ4n) is 2.08. The van der Waals surface area contributed by atoms with Gasteiger partial charge in [-0.3, -0.25) is 14.3 Å². The van der Waals surface area contributed by atoms with Gasteiger partial charge in [-0.15, -0.1) is 0 Å². The van der Waals surface area contributed by atoms with E-state index in [0.29, 0.717) is 18.8 Å². The molecule has 1 heterocycles. The minimum atomic E-state index is -0.429. The van der Waals surface area contributed by atoms with Gasteiger partial charge in [-0.25, -0.2) is 9.18 Å². The van der Waals surface area contributed by atoms with Crippen molar-refractivity contribution in [2.75, 3.05) is 11.9 Å². The Bertz CT molecular complexity index is 686. The number of H-pyrrole nitrogens is 1. The molecule has 0 unspecified atom stereocenters. The molecule has 0 spiro atoms. The molecule has 0 atom stereocenters. The minimum Gasteiger partial charge on any atom is -0.371 e. The topological polar surface area (TPSA) is 66.9 Å². The Kier molecular flexibility index (Phi) is 4.57. The van der Waals surface area contributed by atoms with Gasteiger partial charge in [0.25, 0.3) is 5.56 Å². The van der Waals surface area contributed by atoms with E-state index in [2.05, 4.69) is 10.3 Å². The summed E-state index contributed by atoms with van der Waals surface area (Å²) in [6, 6.07) is 7.40. The van der Waals surface area contributed by atoms with E-state index in [1.54, 1.807) is 26.0 Å². The molecule has 6 heteroatoms. The zero-order valence-corrected chi connectivity index (χ0v) is 12.0. The van der Waals surface area contributed by atoms with Crippen LogP contribution in [0.25, 0.3) is 0 Å². The summed E-state index contributed by atoms with van der Waals surface area (Å²) in [5.41, 5.74) is 0.210. The summed E-state index contributed by atoms with van der Waals surface area (Å²) < 4.78 is 13.9. The van der Waals surface area contributed by atoms with Gasteiger partial charge in [0.2, 0.25) is 0 Å². The van der Waals surface area contributed by atoms with Crippen LogP contribution in [0.2, 0.25) is 0 Å². The van der Waals surface area contributed by atoms with Crippen LogP contribution < -0.4 is 16.6 Å². The maximum atomic E-state index is 12.8. The number of nitrogens with one attached hydrogen (secondary N) is 2. The molecule has 1 aromatic heterocycles. The Morgan fingerprint density at radius 3 is 2.48 bits per heavy atom. The lowest BCUT2D eigenvalue weighted by Crippen LogP contribution is -2.36. The van der Waals surface area contributed by atoms with Gasteiger partial charge in [-0.05, 0) is 38.0 Å². The van der Waals surface area contributed by atoms with E-state index in [4.69, 9.17) is 0 Å². The number of halogens is 1. The Morgan fingerprint density at radius 2 is 1.90 bits per heavy atom. The van der Waals surface area contributed by atoms with Crippen molar-refractivity contribution in [3.8, 4) is 0 Å². The molecule has 0 bridgehead atoms. The third-order valence-electron chi connectivity index (χ3n) is 3.12. The third-order valence-corrected chi connectivity index (χ3v) is 3.12. The molecule has 1 aromatic carbocycles. The van der Waals surface area contributed by atoms with Gasteiger partial charge in [-0.1, -0.05) is 12.1 Å². The molecule has 0 amide bonds. The smallest absolute Gasteiger partial charge is 0.330 e. The van der Waals surface area contributed by atoms with Crippen LogP contribution in [0.4, 0.5) is 10.2 Å². The maximum absolute atomic E-state index is 12.8. The fourth-order valence-corrected chi connectivity index (χ4v) is 2.08. The van der Waals surface area contributed by atoms with Crippen molar-refractivity contribution < 1.29 is 4.39 Å². The van der Waals surface area contributed by atoms with Gasteiger partial charge in [0.15, 0.2) is 0 Å². The van der Waals surface area contributed by atoms with Crippen molar-refractivity contribution in [1.29, 1.82) is 0 Å². The highest BCUT2D eigenvalue weighted by Gasteiger charge is 2.07. The molecule has 0 saturated heterocycles. The summed E-state index contributed by atoms with van der Waals surface area (Å²) in [4.78, 5) is 26.3. The number of benzene rings is 1. The number of hydrogen-bond acceptors (Lipinski definition) is 3. The third kappa shape index (κ3) is 3.81. The molecule has 2 aromatic rings. The quantitative estimate of drug-likeness (QED) is 0.884. The van der Waals surface area contributed by atoms with Crippen LogP contribution >= 0.6 is 0 Å². The lowest BCUT2D eigenvalue weighted by molar-refractivity contribution is 0.546. The minimum absolute atomic E-state index is 0.186. The van der Waals surface area contributed by atoms with E-state index in [-0.39, 0.29) is 17.4 Å². The molecule has 0 radical (unpaired) electrons. The van der Waals surface area contributed by atoms with Crippen LogP contribution in [0, 0.1) is 5.82 Å². The van der Waals surface area contributed by atoms with E-state index in [0.717, 1.165) is 10.1 Å². The van der Waals surface area contributed by atoms with Gasteiger partial charge >= 0.3 is 5.69 Å². The van der Waals surface area contributed by atoms with Gasteiger partial charge < -0.3 is 5.32 Å². The predicted octanol–water partition coefficient (Wildman–Crippen LogP) is 1.91. The molecular formula is C15H18FN3O2. The highest BCUT2D eigenvalue weighted by molar-refractivity contribution is 5.32. The van der Waals surface area contributed by atoms with Gasteiger partial charge in [-0.2, -0.15) is 0 Å². The van der Waals surface area contributed by atoms with Crippen LogP contribution in [-0.4, -0.2) is 16.1 Å². The average Bonchev–Trinajstić information content (AvgIpc) is 2.40. The van der Waals surface area contributed by atoms with E-state index in [9.17, 15) is 14.0 Å². The van der Waals surface area contributed by atoms with Crippen molar-refractivity contribution >= 4 is 5.82 Å². The van der Waals surface area contributed by atoms with Crippen LogP contribution in [0.1, 0.15) is 25.5 Å². The molecule has 0 aliphatic heterocycles. The average molecular weight is 291 g/mol. The summed E-state index contributed by atoms with van der Waals surface area (Å²) in [6.07, 6.45) is 0.662. The van der Waals surface area contributed by atoms with Crippen molar-refractivity contribution in [1.82, 2.24) is 9.55 Å². The van der Waals surface area contributed by atoms with E-state index in [1.807, 2.05) is 0 Å². The zero-order chi connectivity index (χ0) is 15.4. The number of aromatic amines is 1. The fraction of sp³-hybridized carbons (Fsp3) is 0.333. The molecule has 0 saturated carbocycles. The van der Waals surface area contributed by atoms with E-state index in [1.165, 1.54) is 18.2 Å². The Hall–Kier alpha value is -2.37. The number of anilines is 1. The molecule has 112 valence electrons. The van der Waals surface area contributed by atoms with E-state index < -0.39 is 5.69 Å². The van der Waals surface area contributed by atoms with Crippen LogP contribution in [0.3, 0.4) is 0 Å². The maximum Gasteiger partial charge on any atom is 0.330 e. The lowest BCUT2D eigenvalue weighted by atomic mass is 10.1. The molecule has 0 aliphatic rings. The second-order valence-electron chi connectivity index (χ2n) is 5.09.